The van der Waals surface area contributed by atoms with Crippen LogP contribution in [0.4, 0.5) is 0 Å². The van der Waals surface area contributed by atoms with E-state index in [-0.39, 0.29) is 10.6 Å². The van der Waals surface area contributed by atoms with Gasteiger partial charge in [-0.25, -0.2) is 0 Å². The largest absolute Gasteiger partial charge is 0.415 e. The number of nitrogens with one attached hydrogen (secondary N) is 1. The summed E-state index contributed by atoms with van der Waals surface area (Å²) in [6, 6.07) is 13.3. The summed E-state index contributed by atoms with van der Waals surface area (Å²) in [4.78, 5) is 0. The highest BCUT2D eigenvalue weighted by molar-refractivity contribution is 6.74. The maximum absolute atomic E-state index is 9.16. The van der Waals surface area contributed by atoms with Crippen LogP contribution in [0, 0.1) is 22.7 Å². The highest BCUT2D eigenvalue weighted by Crippen LogP contribution is 2.36. The van der Waals surface area contributed by atoms with Crippen LogP contribution in [-0.2, 0) is 4.43 Å². The van der Waals surface area contributed by atoms with Crippen LogP contribution in [0.25, 0.3) is 5.70 Å². The van der Waals surface area contributed by atoms with Gasteiger partial charge < -0.3 is 9.74 Å². The highest BCUT2D eigenvalue weighted by atomic mass is 28.4. The van der Waals surface area contributed by atoms with Crippen molar-refractivity contribution < 1.29 is 4.43 Å². The number of nitriles is 2. The molecule has 122 valence electrons. The molecule has 1 aromatic carbocycles. The first-order valence-electron chi connectivity index (χ1n) is 7.70. The molecule has 4 nitrogen and oxygen atoms in total. The topological polar surface area (TPSA) is 68.8 Å². The van der Waals surface area contributed by atoms with Crippen molar-refractivity contribution in [2.75, 3.05) is 13.2 Å². The van der Waals surface area contributed by atoms with E-state index in [9.17, 15) is 0 Å². The van der Waals surface area contributed by atoms with E-state index < -0.39 is 8.32 Å². The Morgan fingerprint density at radius 1 is 1.13 bits per heavy atom. The summed E-state index contributed by atoms with van der Waals surface area (Å²) in [5, 5.41) is 21.7. The maximum atomic E-state index is 9.16. The SMILES string of the molecule is CC(C)(C)[Si](C)(C)OCCNC(=C(C#N)C#N)c1ccccc1. The third-order valence-electron chi connectivity index (χ3n) is 4.21. The van der Waals surface area contributed by atoms with Crippen molar-refractivity contribution in [2.24, 2.45) is 0 Å². The average molecular weight is 328 g/mol. The van der Waals surface area contributed by atoms with Crippen molar-refractivity contribution in [1.82, 2.24) is 5.32 Å². The first-order chi connectivity index (χ1) is 10.7. The molecule has 0 saturated carbocycles. The van der Waals surface area contributed by atoms with Gasteiger partial charge in [0.2, 0.25) is 0 Å². The van der Waals surface area contributed by atoms with E-state index in [0.717, 1.165) is 5.56 Å². The van der Waals surface area contributed by atoms with Crippen molar-refractivity contribution in [2.45, 2.75) is 38.9 Å². The van der Waals surface area contributed by atoms with E-state index >= 15 is 0 Å². The van der Waals surface area contributed by atoms with Gasteiger partial charge in [-0.1, -0.05) is 51.1 Å². The Kier molecular flexibility index (Phi) is 6.57. The van der Waals surface area contributed by atoms with Gasteiger partial charge in [-0.05, 0) is 23.7 Å². The number of hydrogen-bond donors (Lipinski definition) is 1. The molecular formula is C18H25N3OSi. The fourth-order valence-electron chi connectivity index (χ4n) is 1.78. The summed E-state index contributed by atoms with van der Waals surface area (Å²) in [6.45, 7) is 12.1. The minimum atomic E-state index is -1.79. The third-order valence-corrected chi connectivity index (χ3v) is 8.75. The van der Waals surface area contributed by atoms with Gasteiger partial charge in [-0.15, -0.1) is 0 Å². The minimum Gasteiger partial charge on any atom is -0.415 e. The fraction of sp³-hybridized carbons (Fsp3) is 0.444. The van der Waals surface area contributed by atoms with E-state index in [1.165, 1.54) is 0 Å². The van der Waals surface area contributed by atoms with E-state index in [1.54, 1.807) is 0 Å². The Hall–Kier alpha value is -2.08. The fourth-order valence-corrected chi connectivity index (χ4v) is 2.82. The Labute approximate surface area is 140 Å². The molecule has 23 heavy (non-hydrogen) atoms. The summed E-state index contributed by atoms with van der Waals surface area (Å²) in [7, 11) is -1.79. The molecule has 0 aliphatic rings. The first kappa shape index (κ1) is 19.0. The van der Waals surface area contributed by atoms with E-state index in [1.807, 2.05) is 42.5 Å². The Morgan fingerprint density at radius 3 is 2.17 bits per heavy atom. The monoisotopic (exact) mass is 327 g/mol. The van der Waals surface area contributed by atoms with E-state index in [4.69, 9.17) is 14.9 Å². The lowest BCUT2D eigenvalue weighted by atomic mass is 10.1. The van der Waals surface area contributed by atoms with Gasteiger partial charge in [0.25, 0.3) is 0 Å². The third kappa shape index (κ3) is 5.24. The average Bonchev–Trinajstić information content (AvgIpc) is 2.50. The second kappa shape index (κ2) is 7.96. The van der Waals surface area contributed by atoms with Gasteiger partial charge in [0.1, 0.15) is 12.1 Å². The molecule has 1 aromatic rings. The highest BCUT2D eigenvalue weighted by Gasteiger charge is 2.36. The second-order valence-electron chi connectivity index (χ2n) is 6.88. The molecule has 1 rings (SSSR count). The number of allylic oxidation sites excluding steroid dienone is 1. The minimum absolute atomic E-state index is 0.0866. The van der Waals surface area contributed by atoms with Crippen LogP contribution in [0.3, 0.4) is 0 Å². The standard InChI is InChI=1S/C18H25N3OSi/c1-18(2,3)23(4,5)22-12-11-21-17(16(13-19)14-20)15-9-7-6-8-10-15/h6-10,21H,11-12H2,1-5H3. The van der Waals surface area contributed by atoms with Gasteiger partial charge in [0.15, 0.2) is 13.9 Å². The molecule has 5 heteroatoms. The number of nitrogens with zero attached hydrogens (tertiary/aromatic N) is 2. The van der Waals surface area contributed by atoms with Gasteiger partial charge in [-0.3, -0.25) is 0 Å². The Morgan fingerprint density at radius 2 is 1.70 bits per heavy atom. The van der Waals surface area contributed by atoms with Crippen molar-refractivity contribution in [3.05, 3.63) is 41.5 Å². The smallest absolute Gasteiger partial charge is 0.192 e. The second-order valence-corrected chi connectivity index (χ2v) is 11.7. The first-order valence-corrected chi connectivity index (χ1v) is 10.6. The molecule has 0 bridgehead atoms. The number of benzene rings is 1. The molecule has 0 spiro atoms. The zero-order valence-corrected chi connectivity index (χ0v) is 15.6. The number of hydrogen-bond acceptors (Lipinski definition) is 4. The van der Waals surface area contributed by atoms with E-state index in [0.29, 0.717) is 18.8 Å². The lowest BCUT2D eigenvalue weighted by molar-refractivity contribution is 0.292. The van der Waals surface area contributed by atoms with Crippen LogP contribution in [-0.4, -0.2) is 21.5 Å². The summed E-state index contributed by atoms with van der Waals surface area (Å²) in [5.41, 5.74) is 1.48. The molecule has 0 aromatic heterocycles. The normalized spacial score (nSPS) is 11.3. The maximum Gasteiger partial charge on any atom is 0.192 e. The zero-order chi connectivity index (χ0) is 17.5. The molecular weight excluding hydrogens is 302 g/mol. The van der Waals surface area contributed by atoms with Crippen molar-refractivity contribution in [3.63, 3.8) is 0 Å². The van der Waals surface area contributed by atoms with E-state index in [2.05, 4.69) is 39.2 Å². The lowest BCUT2D eigenvalue weighted by Crippen LogP contribution is -2.42. The molecule has 0 amide bonds. The summed E-state index contributed by atoms with van der Waals surface area (Å²) in [5.74, 6) is 0. The zero-order valence-electron chi connectivity index (χ0n) is 14.6. The summed E-state index contributed by atoms with van der Waals surface area (Å²) < 4.78 is 6.12. The Balaban J connectivity index is 2.78. The molecule has 0 radical (unpaired) electrons. The molecule has 0 aliphatic carbocycles. The summed E-state index contributed by atoms with van der Waals surface area (Å²) >= 11 is 0. The molecule has 1 N–H and O–H groups in total. The molecule has 0 atom stereocenters. The van der Waals surface area contributed by atoms with Crippen LogP contribution < -0.4 is 5.32 Å². The lowest BCUT2D eigenvalue weighted by Gasteiger charge is -2.36. The van der Waals surface area contributed by atoms with Gasteiger partial charge >= 0.3 is 0 Å². The van der Waals surface area contributed by atoms with Gasteiger partial charge in [-0.2, -0.15) is 10.5 Å². The molecule has 0 heterocycles. The predicted octanol–water partition coefficient (Wildman–Crippen LogP) is 4.06. The van der Waals surface area contributed by atoms with Crippen LogP contribution in [0.2, 0.25) is 18.1 Å². The van der Waals surface area contributed by atoms with Crippen LogP contribution in [0.15, 0.2) is 35.9 Å². The molecule has 0 saturated heterocycles. The molecule has 0 aliphatic heterocycles. The van der Waals surface area contributed by atoms with Crippen molar-refractivity contribution in [1.29, 1.82) is 10.5 Å². The van der Waals surface area contributed by atoms with Crippen molar-refractivity contribution in [3.8, 4) is 12.1 Å². The molecule has 0 unspecified atom stereocenters. The van der Waals surface area contributed by atoms with Crippen LogP contribution >= 0.6 is 0 Å². The summed E-state index contributed by atoms with van der Waals surface area (Å²) in [6.07, 6.45) is 0. The van der Waals surface area contributed by atoms with Crippen LogP contribution in [0.5, 0.6) is 0 Å². The quantitative estimate of drug-likeness (QED) is 0.486. The van der Waals surface area contributed by atoms with Crippen molar-refractivity contribution >= 4 is 14.0 Å². The van der Waals surface area contributed by atoms with Crippen LogP contribution in [0.1, 0.15) is 26.3 Å². The predicted molar refractivity (Wildman–Crippen MR) is 95.7 cm³/mol. The Bertz CT molecular complexity index is 615. The van der Waals surface area contributed by atoms with Gasteiger partial charge in [0, 0.05) is 6.54 Å². The molecule has 0 fully saturated rings. The number of rotatable bonds is 6. The van der Waals surface area contributed by atoms with Gasteiger partial charge in [0.05, 0.1) is 12.3 Å².